The minimum Gasteiger partial charge on any atom is -0.462 e. The van der Waals surface area contributed by atoms with E-state index in [4.69, 9.17) is 4.74 Å². The molecule has 4 heteroatoms. The summed E-state index contributed by atoms with van der Waals surface area (Å²) in [6.45, 7) is 7.61. The SMILES string of the molecule is CCOC(=O)c1cnc2c(C)cc(C)cc2c1N(Cc1ccccc1)Cc1ccccc1. The highest BCUT2D eigenvalue weighted by molar-refractivity contribution is 6.06. The van der Waals surface area contributed by atoms with Crippen molar-refractivity contribution >= 4 is 22.6 Å². The van der Waals surface area contributed by atoms with Crippen molar-refractivity contribution in [1.29, 1.82) is 0 Å². The van der Waals surface area contributed by atoms with Crippen molar-refractivity contribution in [1.82, 2.24) is 4.98 Å². The van der Waals surface area contributed by atoms with Crippen molar-refractivity contribution < 1.29 is 9.53 Å². The fourth-order valence-corrected chi connectivity index (χ4v) is 4.17. The fraction of sp³-hybridized carbons (Fsp3) is 0.214. The number of anilines is 1. The van der Waals surface area contributed by atoms with Crippen molar-refractivity contribution in [2.75, 3.05) is 11.5 Å². The Morgan fingerprint density at radius 1 is 0.906 bits per heavy atom. The summed E-state index contributed by atoms with van der Waals surface area (Å²) in [4.78, 5) is 19.9. The molecule has 32 heavy (non-hydrogen) atoms. The van der Waals surface area contributed by atoms with Crippen molar-refractivity contribution in [2.24, 2.45) is 0 Å². The zero-order valence-corrected chi connectivity index (χ0v) is 18.8. The number of ether oxygens (including phenoxy) is 1. The highest BCUT2D eigenvalue weighted by Gasteiger charge is 2.23. The number of hydrogen-bond acceptors (Lipinski definition) is 4. The molecule has 0 amide bonds. The van der Waals surface area contributed by atoms with Crippen LogP contribution in [0.3, 0.4) is 0 Å². The quantitative estimate of drug-likeness (QED) is 0.330. The molecule has 0 fully saturated rings. The molecule has 4 nitrogen and oxygen atoms in total. The van der Waals surface area contributed by atoms with E-state index in [2.05, 4.69) is 60.1 Å². The molecular weight excluding hydrogens is 396 g/mol. The maximum absolute atomic E-state index is 13.0. The Bertz CT molecular complexity index is 1180. The Morgan fingerprint density at radius 3 is 2.06 bits per heavy atom. The molecule has 0 atom stereocenters. The average molecular weight is 425 g/mol. The molecule has 0 spiro atoms. The summed E-state index contributed by atoms with van der Waals surface area (Å²) in [5.74, 6) is -0.345. The van der Waals surface area contributed by atoms with E-state index < -0.39 is 0 Å². The van der Waals surface area contributed by atoms with Crippen LogP contribution in [0.25, 0.3) is 10.9 Å². The van der Waals surface area contributed by atoms with E-state index in [0.717, 1.165) is 27.7 Å². The number of aryl methyl sites for hydroxylation is 2. The van der Waals surface area contributed by atoms with E-state index in [1.165, 1.54) is 11.1 Å². The molecule has 0 unspecified atom stereocenters. The third-order valence-corrected chi connectivity index (χ3v) is 5.52. The zero-order chi connectivity index (χ0) is 22.5. The number of esters is 1. The molecule has 4 aromatic rings. The Kier molecular flexibility index (Phi) is 6.50. The molecule has 0 radical (unpaired) electrons. The lowest BCUT2D eigenvalue weighted by Crippen LogP contribution is -2.25. The average Bonchev–Trinajstić information content (AvgIpc) is 2.79. The Balaban J connectivity index is 1.94. The highest BCUT2D eigenvalue weighted by atomic mass is 16.5. The summed E-state index contributed by atoms with van der Waals surface area (Å²) >= 11 is 0. The second kappa shape index (κ2) is 9.65. The molecule has 162 valence electrons. The lowest BCUT2D eigenvalue weighted by Gasteiger charge is -2.28. The number of carbonyl (C=O) groups is 1. The largest absolute Gasteiger partial charge is 0.462 e. The van der Waals surface area contributed by atoms with Gasteiger partial charge in [-0.1, -0.05) is 72.3 Å². The van der Waals surface area contributed by atoms with Crippen LogP contribution in [-0.2, 0) is 17.8 Å². The van der Waals surface area contributed by atoms with Crippen LogP contribution < -0.4 is 4.90 Å². The first-order chi connectivity index (χ1) is 15.6. The van der Waals surface area contributed by atoms with Crippen LogP contribution in [-0.4, -0.2) is 17.6 Å². The molecule has 0 aliphatic heterocycles. The smallest absolute Gasteiger partial charge is 0.341 e. The Labute approximate surface area is 189 Å². The van der Waals surface area contributed by atoms with Crippen LogP contribution in [0.4, 0.5) is 5.69 Å². The summed E-state index contributed by atoms with van der Waals surface area (Å²) in [5.41, 5.74) is 6.85. The van der Waals surface area contributed by atoms with Crippen LogP contribution in [0.1, 0.15) is 39.5 Å². The lowest BCUT2D eigenvalue weighted by atomic mass is 10.0. The van der Waals surface area contributed by atoms with Gasteiger partial charge in [-0.25, -0.2) is 4.79 Å². The van der Waals surface area contributed by atoms with Gasteiger partial charge in [0.05, 0.1) is 17.8 Å². The number of carbonyl (C=O) groups excluding carboxylic acids is 1. The summed E-state index contributed by atoms with van der Waals surface area (Å²) in [6, 6.07) is 24.9. The van der Waals surface area contributed by atoms with Gasteiger partial charge in [0.25, 0.3) is 0 Å². The highest BCUT2D eigenvalue weighted by Crippen LogP contribution is 2.34. The number of fused-ring (bicyclic) bond motifs is 1. The molecule has 0 N–H and O–H groups in total. The lowest BCUT2D eigenvalue weighted by molar-refractivity contribution is 0.0526. The van der Waals surface area contributed by atoms with Crippen LogP contribution in [0.2, 0.25) is 0 Å². The van der Waals surface area contributed by atoms with E-state index in [-0.39, 0.29) is 5.97 Å². The number of aromatic nitrogens is 1. The minimum absolute atomic E-state index is 0.320. The molecule has 0 aliphatic carbocycles. The number of rotatable bonds is 7. The van der Waals surface area contributed by atoms with Gasteiger partial charge < -0.3 is 9.64 Å². The second-order valence-corrected chi connectivity index (χ2v) is 8.05. The molecule has 0 aliphatic rings. The van der Waals surface area contributed by atoms with E-state index in [1.807, 2.05) is 43.3 Å². The molecule has 3 aromatic carbocycles. The second-order valence-electron chi connectivity index (χ2n) is 8.05. The summed E-state index contributed by atoms with van der Waals surface area (Å²) in [5, 5.41) is 0.972. The number of pyridine rings is 1. The van der Waals surface area contributed by atoms with Gasteiger partial charge in [0.2, 0.25) is 0 Å². The van der Waals surface area contributed by atoms with Crippen LogP contribution in [0.15, 0.2) is 79.0 Å². The first kappa shape index (κ1) is 21.6. The molecular formula is C28H28N2O2. The molecule has 1 heterocycles. The first-order valence-electron chi connectivity index (χ1n) is 11.0. The molecule has 4 rings (SSSR count). The van der Waals surface area contributed by atoms with E-state index in [1.54, 1.807) is 6.20 Å². The van der Waals surface area contributed by atoms with Gasteiger partial charge in [0.1, 0.15) is 5.56 Å². The summed E-state index contributed by atoms with van der Waals surface area (Å²) in [6.07, 6.45) is 1.67. The molecule has 0 bridgehead atoms. The molecule has 1 aromatic heterocycles. The fourth-order valence-electron chi connectivity index (χ4n) is 4.17. The van der Waals surface area contributed by atoms with E-state index in [9.17, 15) is 4.79 Å². The predicted octanol–water partition coefficient (Wildman–Crippen LogP) is 6.24. The van der Waals surface area contributed by atoms with Crippen LogP contribution in [0.5, 0.6) is 0 Å². The summed E-state index contributed by atoms with van der Waals surface area (Å²) in [7, 11) is 0. The monoisotopic (exact) mass is 424 g/mol. The van der Waals surface area contributed by atoms with Gasteiger partial charge in [-0.2, -0.15) is 0 Å². The standard InChI is InChI=1S/C28H28N2O2/c1-4-32-28(31)25-17-29-26-21(3)15-20(2)16-24(26)27(25)30(18-22-11-7-5-8-12-22)19-23-13-9-6-10-14-23/h5-17H,4,18-19H2,1-3H3. The maximum Gasteiger partial charge on any atom is 0.341 e. The summed E-state index contributed by atoms with van der Waals surface area (Å²) < 4.78 is 5.42. The number of nitrogens with zero attached hydrogens (tertiary/aromatic N) is 2. The molecule has 0 saturated carbocycles. The van der Waals surface area contributed by atoms with Crippen molar-refractivity contribution in [2.45, 2.75) is 33.9 Å². The van der Waals surface area contributed by atoms with Gasteiger partial charge >= 0.3 is 5.97 Å². The van der Waals surface area contributed by atoms with Crippen LogP contribution in [0, 0.1) is 13.8 Å². The molecule has 0 saturated heterocycles. The van der Waals surface area contributed by atoms with Crippen molar-refractivity contribution in [3.8, 4) is 0 Å². The van der Waals surface area contributed by atoms with Gasteiger partial charge in [0.15, 0.2) is 0 Å². The number of hydrogen-bond donors (Lipinski definition) is 0. The number of benzene rings is 3. The predicted molar refractivity (Wildman–Crippen MR) is 130 cm³/mol. The normalized spacial score (nSPS) is 10.8. The third kappa shape index (κ3) is 4.65. The first-order valence-corrected chi connectivity index (χ1v) is 11.0. The van der Waals surface area contributed by atoms with Gasteiger partial charge in [-0.15, -0.1) is 0 Å². The van der Waals surface area contributed by atoms with Gasteiger partial charge in [0, 0.05) is 24.7 Å². The Morgan fingerprint density at radius 2 is 1.50 bits per heavy atom. The maximum atomic E-state index is 13.0. The van der Waals surface area contributed by atoms with E-state index in [0.29, 0.717) is 25.3 Å². The third-order valence-electron chi connectivity index (χ3n) is 5.52. The minimum atomic E-state index is -0.345. The zero-order valence-electron chi connectivity index (χ0n) is 18.8. The van der Waals surface area contributed by atoms with Gasteiger partial charge in [-0.3, -0.25) is 4.98 Å². The van der Waals surface area contributed by atoms with Crippen LogP contribution >= 0.6 is 0 Å². The van der Waals surface area contributed by atoms with E-state index >= 15 is 0 Å². The Hall–Kier alpha value is -3.66. The van der Waals surface area contributed by atoms with Crippen molar-refractivity contribution in [3.05, 3.63) is 107 Å². The van der Waals surface area contributed by atoms with Crippen molar-refractivity contribution in [3.63, 3.8) is 0 Å². The topological polar surface area (TPSA) is 42.4 Å². The van der Waals surface area contributed by atoms with Gasteiger partial charge in [-0.05, 0) is 43.5 Å².